The van der Waals surface area contributed by atoms with E-state index in [9.17, 15) is 9.59 Å². The maximum Gasteiger partial charge on any atom is 0.351 e. The topological polar surface area (TPSA) is 52.6 Å². The van der Waals surface area contributed by atoms with Gasteiger partial charge in [-0.15, -0.1) is 11.3 Å². The van der Waals surface area contributed by atoms with Gasteiger partial charge in [0, 0.05) is 10.1 Å². The lowest BCUT2D eigenvalue weighted by Gasteiger charge is -2.05. The number of hydrogen-bond donors (Lipinski definition) is 0. The zero-order valence-electron chi connectivity index (χ0n) is 11.0. The first-order chi connectivity index (χ1) is 9.02. The highest BCUT2D eigenvalue weighted by Crippen LogP contribution is 2.38. The molecule has 0 aliphatic rings. The monoisotopic (exact) mass is 278 g/mol. The quantitative estimate of drug-likeness (QED) is 0.807. The van der Waals surface area contributed by atoms with Crippen molar-refractivity contribution in [2.24, 2.45) is 0 Å². The predicted molar refractivity (Wildman–Crippen MR) is 74.1 cm³/mol. The van der Waals surface area contributed by atoms with Gasteiger partial charge in [0.15, 0.2) is 16.4 Å². The van der Waals surface area contributed by atoms with Crippen molar-refractivity contribution in [2.45, 2.75) is 13.8 Å². The molecule has 0 amide bonds. The zero-order valence-corrected chi connectivity index (χ0v) is 11.8. The lowest BCUT2D eigenvalue weighted by molar-refractivity contribution is -0.118. The first kappa shape index (κ1) is 13.5. The van der Waals surface area contributed by atoms with Gasteiger partial charge in [-0.05, 0) is 31.5 Å². The summed E-state index contributed by atoms with van der Waals surface area (Å²) in [4.78, 5) is 23.2. The number of hydrogen-bond acceptors (Lipinski definition) is 5. The van der Waals surface area contributed by atoms with Crippen LogP contribution in [-0.4, -0.2) is 25.5 Å². The maximum absolute atomic E-state index is 11.8. The number of carbonyl (C=O) groups excluding carboxylic acids is 2. The number of benzene rings is 1. The van der Waals surface area contributed by atoms with Crippen molar-refractivity contribution >= 4 is 33.2 Å². The Balaban J connectivity index is 2.54. The van der Waals surface area contributed by atoms with E-state index in [1.54, 1.807) is 0 Å². The molecule has 0 N–H and O–H groups in total. The van der Waals surface area contributed by atoms with Gasteiger partial charge in [0.2, 0.25) is 0 Å². The minimum atomic E-state index is -0.447. The lowest BCUT2D eigenvalue weighted by atomic mass is 10.2. The van der Waals surface area contributed by atoms with E-state index in [1.807, 2.05) is 25.1 Å². The second-order valence-corrected chi connectivity index (χ2v) is 5.29. The summed E-state index contributed by atoms with van der Waals surface area (Å²) in [5.41, 5.74) is 1.10. The molecule has 19 heavy (non-hydrogen) atoms. The van der Waals surface area contributed by atoms with E-state index >= 15 is 0 Å². The molecular formula is C14H14O4S. The molecular weight excluding hydrogens is 264 g/mol. The van der Waals surface area contributed by atoms with E-state index in [0.29, 0.717) is 10.6 Å². The second kappa shape index (κ2) is 5.40. The van der Waals surface area contributed by atoms with E-state index in [2.05, 4.69) is 0 Å². The Labute approximate surface area is 114 Å². The summed E-state index contributed by atoms with van der Waals surface area (Å²) in [6.07, 6.45) is 0. The molecule has 0 atom stereocenters. The van der Waals surface area contributed by atoms with Crippen LogP contribution in [0.1, 0.15) is 22.2 Å². The second-order valence-electron chi connectivity index (χ2n) is 4.24. The van der Waals surface area contributed by atoms with Gasteiger partial charge in [-0.3, -0.25) is 4.79 Å². The Hall–Kier alpha value is -1.88. The van der Waals surface area contributed by atoms with Crippen LogP contribution < -0.4 is 4.74 Å². The van der Waals surface area contributed by atoms with Gasteiger partial charge in [0.25, 0.3) is 0 Å². The van der Waals surface area contributed by atoms with Crippen LogP contribution in [0.5, 0.6) is 5.75 Å². The number of rotatable bonds is 4. The Morgan fingerprint density at radius 2 is 2.05 bits per heavy atom. The number of ketones is 1. The molecule has 1 aromatic heterocycles. The Morgan fingerprint density at radius 1 is 1.32 bits per heavy atom. The highest BCUT2D eigenvalue weighted by atomic mass is 32.1. The Kier molecular flexibility index (Phi) is 3.85. The summed E-state index contributed by atoms with van der Waals surface area (Å²) < 4.78 is 11.2. The van der Waals surface area contributed by atoms with Crippen molar-refractivity contribution in [3.63, 3.8) is 0 Å². The summed E-state index contributed by atoms with van der Waals surface area (Å²) >= 11 is 1.31. The predicted octanol–water partition coefficient (Wildman–Crippen LogP) is 2.96. The molecule has 2 aromatic rings. The van der Waals surface area contributed by atoms with Gasteiger partial charge >= 0.3 is 5.97 Å². The summed E-state index contributed by atoms with van der Waals surface area (Å²) in [6, 6.07) is 5.81. The summed E-state index contributed by atoms with van der Waals surface area (Å²) in [5, 5.41) is 0.831. The average molecular weight is 278 g/mol. The van der Waals surface area contributed by atoms with Crippen molar-refractivity contribution in [3.8, 4) is 5.75 Å². The van der Waals surface area contributed by atoms with Crippen LogP contribution in [-0.2, 0) is 9.53 Å². The highest BCUT2D eigenvalue weighted by Gasteiger charge is 2.20. The summed E-state index contributed by atoms with van der Waals surface area (Å²) in [5.74, 6) is -0.110. The van der Waals surface area contributed by atoms with Crippen molar-refractivity contribution in [2.75, 3.05) is 13.7 Å². The van der Waals surface area contributed by atoms with E-state index < -0.39 is 5.97 Å². The van der Waals surface area contributed by atoms with E-state index in [4.69, 9.17) is 9.47 Å². The third-order valence-electron chi connectivity index (χ3n) is 2.59. The smallest absolute Gasteiger partial charge is 0.351 e. The molecule has 2 rings (SSSR count). The van der Waals surface area contributed by atoms with Crippen LogP contribution in [0.2, 0.25) is 0 Å². The molecule has 100 valence electrons. The number of carbonyl (C=O) groups is 2. The lowest BCUT2D eigenvalue weighted by Crippen LogP contribution is -2.09. The molecule has 0 spiro atoms. The normalized spacial score (nSPS) is 10.5. The van der Waals surface area contributed by atoms with Crippen LogP contribution in [0.3, 0.4) is 0 Å². The van der Waals surface area contributed by atoms with Crippen LogP contribution >= 0.6 is 11.3 Å². The largest absolute Gasteiger partial charge is 0.483 e. The molecule has 0 aliphatic heterocycles. The number of thiophene rings is 1. The van der Waals surface area contributed by atoms with Gasteiger partial charge in [0.1, 0.15) is 6.61 Å². The van der Waals surface area contributed by atoms with Crippen molar-refractivity contribution < 1.29 is 19.1 Å². The number of fused-ring (bicyclic) bond motifs is 1. The van der Waals surface area contributed by atoms with Crippen LogP contribution in [0.25, 0.3) is 10.1 Å². The third-order valence-corrected chi connectivity index (χ3v) is 3.70. The fourth-order valence-electron chi connectivity index (χ4n) is 1.72. The molecule has 5 heteroatoms. The molecule has 1 aromatic carbocycles. The van der Waals surface area contributed by atoms with Crippen molar-refractivity contribution in [1.82, 2.24) is 0 Å². The molecule has 4 nitrogen and oxygen atoms in total. The van der Waals surface area contributed by atoms with Gasteiger partial charge in [-0.2, -0.15) is 0 Å². The van der Waals surface area contributed by atoms with Crippen LogP contribution in [0.15, 0.2) is 18.2 Å². The van der Waals surface area contributed by atoms with Crippen LogP contribution in [0.4, 0.5) is 0 Å². The van der Waals surface area contributed by atoms with E-state index in [1.165, 1.54) is 25.4 Å². The van der Waals surface area contributed by atoms with Gasteiger partial charge in [-0.25, -0.2) is 4.79 Å². The number of esters is 1. The fourth-order valence-corrected chi connectivity index (χ4v) is 2.89. The zero-order chi connectivity index (χ0) is 14.0. The molecule has 0 bridgehead atoms. The van der Waals surface area contributed by atoms with Crippen LogP contribution in [0, 0.1) is 6.92 Å². The van der Waals surface area contributed by atoms with E-state index in [-0.39, 0.29) is 12.4 Å². The number of Topliss-reactive ketones (excluding diaryl/α,β-unsaturated/α-hetero) is 1. The minimum absolute atomic E-state index is 0.0519. The van der Waals surface area contributed by atoms with Crippen molar-refractivity contribution in [1.29, 1.82) is 0 Å². The fraction of sp³-hybridized carbons (Fsp3) is 0.286. The highest BCUT2D eigenvalue weighted by molar-refractivity contribution is 7.21. The molecule has 1 heterocycles. The minimum Gasteiger partial charge on any atom is -0.483 e. The Morgan fingerprint density at radius 3 is 2.68 bits per heavy atom. The van der Waals surface area contributed by atoms with E-state index in [0.717, 1.165) is 15.6 Å². The van der Waals surface area contributed by atoms with Crippen molar-refractivity contribution in [3.05, 3.63) is 28.6 Å². The first-order valence-electron chi connectivity index (χ1n) is 5.76. The molecule has 0 fully saturated rings. The molecule has 0 radical (unpaired) electrons. The number of methoxy groups -OCH3 is 1. The number of ether oxygens (including phenoxy) is 2. The first-order valence-corrected chi connectivity index (χ1v) is 6.58. The molecule has 0 saturated heterocycles. The standard InChI is InChI=1S/C14H14O4S/c1-8-4-5-10-11(6-8)19-13(14(16)17-3)12(10)18-7-9(2)15/h4-6H,7H2,1-3H3. The number of aryl methyl sites for hydroxylation is 1. The molecule has 0 aliphatic carbocycles. The van der Waals surface area contributed by atoms with Gasteiger partial charge in [-0.1, -0.05) is 6.07 Å². The third kappa shape index (κ3) is 2.76. The molecule has 0 unspecified atom stereocenters. The van der Waals surface area contributed by atoms with Gasteiger partial charge < -0.3 is 9.47 Å². The SMILES string of the molecule is COC(=O)c1sc2cc(C)ccc2c1OCC(C)=O. The Bertz CT molecular complexity index is 642. The van der Waals surface area contributed by atoms with Gasteiger partial charge in [0.05, 0.1) is 7.11 Å². The molecule has 0 saturated carbocycles. The average Bonchev–Trinajstić information content (AvgIpc) is 2.72. The maximum atomic E-state index is 11.8. The summed E-state index contributed by atoms with van der Waals surface area (Å²) in [6.45, 7) is 3.37. The summed E-state index contributed by atoms with van der Waals surface area (Å²) in [7, 11) is 1.33.